The van der Waals surface area contributed by atoms with E-state index in [0.717, 1.165) is 19.7 Å². The number of amides is 1. The summed E-state index contributed by atoms with van der Waals surface area (Å²) in [5.74, 6) is 0.0362. The fourth-order valence-corrected chi connectivity index (χ4v) is 1.95. The Bertz CT molecular complexity index is 424. The molecule has 2 rings (SSSR count). The molecule has 1 atom stereocenters. The minimum absolute atomic E-state index is 0.103. The Morgan fingerprint density at radius 2 is 2.56 bits per heavy atom. The molecule has 0 aliphatic carbocycles. The number of rotatable bonds is 4. The Hall–Kier alpha value is -1.66. The van der Waals surface area contributed by atoms with Gasteiger partial charge in [0.1, 0.15) is 5.82 Å². The van der Waals surface area contributed by atoms with Crippen LogP contribution in [0.4, 0.5) is 5.82 Å². The number of ether oxygens (including phenoxy) is 1. The number of primary amides is 1. The van der Waals surface area contributed by atoms with Crippen molar-refractivity contribution in [1.82, 2.24) is 9.88 Å². The van der Waals surface area contributed by atoms with Crippen LogP contribution in [0.3, 0.4) is 0 Å². The summed E-state index contributed by atoms with van der Waals surface area (Å²) in [5.41, 5.74) is 5.69. The number of anilines is 1. The van der Waals surface area contributed by atoms with E-state index in [4.69, 9.17) is 10.5 Å². The topological polar surface area (TPSA) is 80.5 Å². The SMILES string of the molecule is CN1CCO[C@H](CNc2ncccc2C(N)=O)C1. The van der Waals surface area contributed by atoms with Crippen LogP contribution in [-0.4, -0.2) is 55.2 Å². The Morgan fingerprint density at radius 1 is 1.72 bits per heavy atom. The molecule has 1 saturated heterocycles. The molecule has 0 aromatic carbocycles. The van der Waals surface area contributed by atoms with Crippen molar-refractivity contribution < 1.29 is 9.53 Å². The molecule has 0 bridgehead atoms. The number of carbonyl (C=O) groups excluding carboxylic acids is 1. The first-order valence-electron chi connectivity index (χ1n) is 5.95. The number of nitrogens with zero attached hydrogens (tertiary/aromatic N) is 2. The van der Waals surface area contributed by atoms with Gasteiger partial charge in [0.25, 0.3) is 5.91 Å². The van der Waals surface area contributed by atoms with Crippen LogP contribution in [0.1, 0.15) is 10.4 Å². The molecule has 1 aromatic heterocycles. The van der Waals surface area contributed by atoms with Gasteiger partial charge in [0.05, 0.1) is 18.3 Å². The van der Waals surface area contributed by atoms with Crippen molar-refractivity contribution >= 4 is 11.7 Å². The van der Waals surface area contributed by atoms with Gasteiger partial charge >= 0.3 is 0 Å². The lowest BCUT2D eigenvalue weighted by molar-refractivity contribution is -0.0117. The van der Waals surface area contributed by atoms with Crippen LogP contribution < -0.4 is 11.1 Å². The van der Waals surface area contributed by atoms with Crippen molar-refractivity contribution in [2.45, 2.75) is 6.10 Å². The number of hydrogen-bond acceptors (Lipinski definition) is 5. The summed E-state index contributed by atoms with van der Waals surface area (Å²) < 4.78 is 5.62. The van der Waals surface area contributed by atoms with Gasteiger partial charge in [-0.2, -0.15) is 0 Å². The fourth-order valence-electron chi connectivity index (χ4n) is 1.95. The van der Waals surface area contributed by atoms with E-state index in [2.05, 4.69) is 22.2 Å². The van der Waals surface area contributed by atoms with Gasteiger partial charge < -0.3 is 20.7 Å². The van der Waals surface area contributed by atoms with Gasteiger partial charge in [0, 0.05) is 25.8 Å². The number of nitrogens with one attached hydrogen (secondary N) is 1. The molecule has 1 amide bonds. The molecule has 1 aliphatic rings. The predicted molar refractivity (Wildman–Crippen MR) is 68.5 cm³/mol. The molecule has 3 N–H and O–H groups in total. The Morgan fingerprint density at radius 3 is 3.28 bits per heavy atom. The third kappa shape index (κ3) is 3.18. The van der Waals surface area contributed by atoms with Crippen LogP contribution in [0.25, 0.3) is 0 Å². The second-order valence-electron chi connectivity index (χ2n) is 4.40. The van der Waals surface area contributed by atoms with E-state index in [-0.39, 0.29) is 6.10 Å². The summed E-state index contributed by atoms with van der Waals surface area (Å²) in [4.78, 5) is 17.6. The molecule has 0 radical (unpaired) electrons. The Balaban J connectivity index is 1.95. The van der Waals surface area contributed by atoms with Crippen molar-refractivity contribution in [2.24, 2.45) is 5.73 Å². The monoisotopic (exact) mass is 250 g/mol. The maximum Gasteiger partial charge on any atom is 0.252 e. The van der Waals surface area contributed by atoms with Crippen molar-refractivity contribution in [3.8, 4) is 0 Å². The molecule has 0 unspecified atom stereocenters. The van der Waals surface area contributed by atoms with Crippen LogP contribution in [0, 0.1) is 0 Å². The van der Waals surface area contributed by atoms with Gasteiger partial charge in [0.15, 0.2) is 0 Å². The number of nitrogens with two attached hydrogens (primary N) is 1. The van der Waals surface area contributed by atoms with E-state index in [9.17, 15) is 4.79 Å². The van der Waals surface area contributed by atoms with Gasteiger partial charge in [-0.05, 0) is 19.2 Å². The van der Waals surface area contributed by atoms with Gasteiger partial charge in [-0.25, -0.2) is 4.98 Å². The van der Waals surface area contributed by atoms with Gasteiger partial charge in [-0.1, -0.05) is 0 Å². The molecular weight excluding hydrogens is 232 g/mol. The summed E-state index contributed by atoms with van der Waals surface area (Å²) in [7, 11) is 2.06. The number of likely N-dealkylation sites (N-methyl/N-ethyl adjacent to an activating group) is 1. The second-order valence-corrected chi connectivity index (χ2v) is 4.40. The molecule has 6 nitrogen and oxygen atoms in total. The van der Waals surface area contributed by atoms with Crippen molar-refractivity contribution in [3.05, 3.63) is 23.9 Å². The highest BCUT2D eigenvalue weighted by Crippen LogP contribution is 2.11. The number of morpholine rings is 1. The number of pyridine rings is 1. The molecule has 0 saturated carbocycles. The number of carbonyl (C=O) groups is 1. The summed E-state index contributed by atoms with van der Waals surface area (Å²) in [6.45, 7) is 3.16. The average molecular weight is 250 g/mol. The summed E-state index contributed by atoms with van der Waals surface area (Å²) in [5, 5.41) is 3.12. The lowest BCUT2D eigenvalue weighted by atomic mass is 10.2. The molecular formula is C12H18N4O2. The first-order valence-corrected chi connectivity index (χ1v) is 5.95. The van der Waals surface area contributed by atoms with E-state index in [1.54, 1.807) is 18.3 Å². The van der Waals surface area contributed by atoms with Crippen LogP contribution in [0.2, 0.25) is 0 Å². The van der Waals surface area contributed by atoms with E-state index in [1.807, 2.05) is 0 Å². The molecule has 1 aliphatic heterocycles. The first-order chi connectivity index (χ1) is 8.66. The normalized spacial score (nSPS) is 20.6. The molecule has 1 aromatic rings. The van der Waals surface area contributed by atoms with Crippen LogP contribution in [-0.2, 0) is 4.74 Å². The Labute approximate surface area is 106 Å². The van der Waals surface area contributed by atoms with Gasteiger partial charge in [0.2, 0.25) is 0 Å². The van der Waals surface area contributed by atoms with Gasteiger partial charge in [-0.3, -0.25) is 4.79 Å². The van der Waals surface area contributed by atoms with E-state index < -0.39 is 5.91 Å². The summed E-state index contributed by atoms with van der Waals surface area (Å²) >= 11 is 0. The third-order valence-corrected chi connectivity index (χ3v) is 2.91. The van der Waals surface area contributed by atoms with Crippen molar-refractivity contribution in [3.63, 3.8) is 0 Å². The smallest absolute Gasteiger partial charge is 0.252 e. The molecule has 98 valence electrons. The lowest BCUT2D eigenvalue weighted by Gasteiger charge is -2.30. The Kier molecular flexibility index (Phi) is 4.11. The number of aromatic nitrogens is 1. The predicted octanol–water partition coefficient (Wildman–Crippen LogP) is -0.0770. The van der Waals surface area contributed by atoms with E-state index >= 15 is 0 Å². The van der Waals surface area contributed by atoms with Crippen molar-refractivity contribution in [2.75, 3.05) is 38.6 Å². The minimum atomic E-state index is -0.479. The lowest BCUT2D eigenvalue weighted by Crippen LogP contribution is -2.43. The van der Waals surface area contributed by atoms with Crippen LogP contribution in [0.15, 0.2) is 18.3 Å². The molecule has 6 heteroatoms. The molecule has 1 fully saturated rings. The highest BCUT2D eigenvalue weighted by molar-refractivity contribution is 5.97. The largest absolute Gasteiger partial charge is 0.374 e. The van der Waals surface area contributed by atoms with Crippen molar-refractivity contribution in [1.29, 1.82) is 0 Å². The molecule has 18 heavy (non-hydrogen) atoms. The summed E-state index contributed by atoms with van der Waals surface area (Å²) in [6, 6.07) is 3.35. The molecule has 0 spiro atoms. The molecule has 2 heterocycles. The maximum atomic E-state index is 11.2. The number of hydrogen-bond donors (Lipinski definition) is 2. The minimum Gasteiger partial charge on any atom is -0.374 e. The second kappa shape index (κ2) is 5.79. The fraction of sp³-hybridized carbons (Fsp3) is 0.500. The summed E-state index contributed by atoms with van der Waals surface area (Å²) in [6.07, 6.45) is 1.73. The highest BCUT2D eigenvalue weighted by atomic mass is 16.5. The maximum absolute atomic E-state index is 11.2. The van der Waals surface area contributed by atoms with Crippen LogP contribution in [0.5, 0.6) is 0 Å². The highest BCUT2D eigenvalue weighted by Gasteiger charge is 2.18. The standard InChI is InChI=1S/C12H18N4O2/c1-16-5-6-18-9(8-16)7-15-12-10(11(13)17)3-2-4-14-12/h2-4,9H,5-8H2,1H3,(H2,13,17)(H,14,15)/t9-/m1/s1. The van der Waals surface area contributed by atoms with E-state index in [0.29, 0.717) is 17.9 Å². The third-order valence-electron chi connectivity index (χ3n) is 2.91. The zero-order valence-corrected chi connectivity index (χ0v) is 10.4. The first kappa shape index (κ1) is 12.8. The quantitative estimate of drug-likeness (QED) is 0.781. The zero-order chi connectivity index (χ0) is 13.0. The van der Waals surface area contributed by atoms with Gasteiger partial charge in [-0.15, -0.1) is 0 Å². The van der Waals surface area contributed by atoms with Crippen LogP contribution >= 0.6 is 0 Å². The average Bonchev–Trinajstić information content (AvgIpc) is 2.37. The zero-order valence-electron chi connectivity index (χ0n) is 10.4. The van der Waals surface area contributed by atoms with E-state index in [1.165, 1.54) is 0 Å².